The Balaban J connectivity index is 0.00000145. The molecule has 190 valence electrons. The summed E-state index contributed by atoms with van der Waals surface area (Å²) in [6, 6.07) is 0.375. The van der Waals surface area contributed by atoms with Crippen LogP contribution in [0.25, 0.3) is 16.0 Å². The summed E-state index contributed by atoms with van der Waals surface area (Å²) < 4.78 is 42.4. The first-order chi connectivity index (χ1) is 17.2. The van der Waals surface area contributed by atoms with E-state index < -0.39 is 20.4 Å². The first-order valence-corrected chi connectivity index (χ1v) is 12.2. The van der Waals surface area contributed by atoms with Gasteiger partial charge in [-0.2, -0.15) is 0 Å². The van der Waals surface area contributed by atoms with Crippen LogP contribution in [-0.2, 0) is 18.5 Å². The van der Waals surface area contributed by atoms with Crippen LogP contribution < -0.4 is 0 Å². The summed E-state index contributed by atoms with van der Waals surface area (Å²) in [6.07, 6.45) is 2.68. The van der Waals surface area contributed by atoms with Crippen molar-refractivity contribution < 1.29 is 25.0 Å². The number of imidazole rings is 1. The molecule has 12 heteroatoms. The molecule has 1 saturated heterocycles. The lowest BCUT2D eigenvalue weighted by atomic mass is 10.1. The molecule has 3 rings (SSSR count). The lowest BCUT2D eigenvalue weighted by Crippen LogP contribution is -2.47. The molecule has 0 amide bonds. The molecule has 0 bridgehead atoms. The zero-order valence-electron chi connectivity index (χ0n) is 22.8. The summed E-state index contributed by atoms with van der Waals surface area (Å²) in [5.41, 5.74) is 1.19. The normalized spacial score (nSPS) is 22.3. The number of ether oxygens (including phenoxy) is 2. The third-order valence-electron chi connectivity index (χ3n) is 4.95. The average Bonchev–Trinajstić information content (AvgIpc) is 3.28. The van der Waals surface area contributed by atoms with Gasteiger partial charge in [-0.3, -0.25) is 4.57 Å². The number of hydrogen-bond acceptors (Lipinski definition) is 9. The molecule has 0 spiro atoms. The van der Waals surface area contributed by atoms with E-state index >= 15 is 0 Å². The highest BCUT2D eigenvalue weighted by Crippen LogP contribution is 2.47. The van der Waals surface area contributed by atoms with Gasteiger partial charge in [0, 0.05) is 20.6 Å². The van der Waals surface area contributed by atoms with Gasteiger partial charge < -0.3 is 28.5 Å². The number of aryl methyl sites for hydroxylation is 1. The maximum atomic E-state index is 8.22. The first kappa shape index (κ1) is 25.3. The largest absolute Gasteiger partial charge is 0.400 e. The summed E-state index contributed by atoms with van der Waals surface area (Å²) in [5, 5.41) is 3.50. The molecule has 0 aromatic carbocycles. The number of rotatable bonds is 10. The van der Waals surface area contributed by atoms with Crippen molar-refractivity contribution in [2.24, 2.45) is 0 Å². The van der Waals surface area contributed by atoms with E-state index in [-0.39, 0.29) is 38.7 Å². The van der Waals surface area contributed by atoms with Crippen LogP contribution in [0.15, 0.2) is 12.7 Å². The Labute approximate surface area is 206 Å². The summed E-state index contributed by atoms with van der Waals surface area (Å²) in [5.74, 6) is 0. The molecule has 1 N–H and O–H groups in total. The molecular weight excluding hydrogens is 459 g/mol. The number of aliphatic hydroxyl groups excluding tert-OH is 1. The van der Waals surface area contributed by atoms with Gasteiger partial charge in [0.25, 0.3) is 8.53 Å². The second-order valence-corrected chi connectivity index (χ2v) is 9.80. The summed E-state index contributed by atoms with van der Waals surface area (Å²) in [6.45, 7) is 18.5. The lowest BCUT2D eigenvalue weighted by molar-refractivity contribution is -0.225. The molecule has 1 fully saturated rings. The minimum absolute atomic E-state index is 0.0429. The Morgan fingerprint density at radius 3 is 2.79 bits per heavy atom. The average molecular weight is 500 g/mol. The van der Waals surface area contributed by atoms with E-state index in [0.717, 1.165) is 5.69 Å². The Hall–Kier alpha value is -1.77. The van der Waals surface area contributed by atoms with Gasteiger partial charge >= 0.3 is 0 Å². The van der Waals surface area contributed by atoms with Crippen molar-refractivity contribution in [1.29, 1.82) is 1.43 Å². The second kappa shape index (κ2) is 13.4. The molecule has 1 aliphatic rings. The lowest BCUT2D eigenvalue weighted by Gasteiger charge is -2.41. The molecule has 11 nitrogen and oxygen atoms in total. The second-order valence-electron chi connectivity index (χ2n) is 8.35. The van der Waals surface area contributed by atoms with Gasteiger partial charge in [-0.1, -0.05) is 0 Å². The molecular formula is C22H37N6O5P. The van der Waals surface area contributed by atoms with Gasteiger partial charge in [-0.05, 0) is 41.5 Å². The van der Waals surface area contributed by atoms with E-state index in [9.17, 15) is 0 Å². The van der Waals surface area contributed by atoms with Crippen LogP contribution in [0.4, 0.5) is 0 Å². The molecule has 34 heavy (non-hydrogen) atoms. The molecule has 0 aliphatic carbocycles. The van der Waals surface area contributed by atoms with Crippen LogP contribution in [0.5, 0.6) is 0 Å². The van der Waals surface area contributed by atoms with Crippen molar-refractivity contribution in [3.05, 3.63) is 29.8 Å². The van der Waals surface area contributed by atoms with Crippen LogP contribution in [-0.4, -0.2) is 88.5 Å². The van der Waals surface area contributed by atoms with Crippen LogP contribution in [0, 0.1) is 13.5 Å². The van der Waals surface area contributed by atoms with Gasteiger partial charge in [-0.25, -0.2) is 26.2 Å². The zero-order chi connectivity index (χ0) is 26.7. The summed E-state index contributed by atoms with van der Waals surface area (Å²) in [4.78, 5) is 16.3. The van der Waals surface area contributed by atoms with Gasteiger partial charge in [0.1, 0.15) is 24.1 Å². The van der Waals surface area contributed by atoms with Gasteiger partial charge in [0.2, 0.25) is 7.98 Å². The fraction of sp³-hybridized carbons (Fsp3) is 0.727. The SMILES string of the molecule is [2H]C[C@@]1(COP(OCC[N+]#[C-])N(C(C)C)C(C)C)COC[C@H](n2cnc3c(C)ncnc32)O1.[3H]OC. The summed E-state index contributed by atoms with van der Waals surface area (Å²) >= 11 is 0. The smallest absolute Gasteiger partial charge is 0.259 e. The number of hydrogen-bond donors (Lipinski definition) is 1. The fourth-order valence-corrected chi connectivity index (χ4v) is 5.26. The Bertz CT molecular complexity index is 970. The van der Waals surface area contributed by atoms with Crippen LogP contribution in [0.2, 0.25) is 0 Å². The van der Waals surface area contributed by atoms with Crippen molar-refractivity contribution in [3.8, 4) is 0 Å². The van der Waals surface area contributed by atoms with Gasteiger partial charge in [-0.15, -0.1) is 0 Å². The third-order valence-corrected chi connectivity index (χ3v) is 7.01. The van der Waals surface area contributed by atoms with Crippen molar-refractivity contribution in [2.75, 3.05) is 40.1 Å². The van der Waals surface area contributed by atoms with E-state index in [1.165, 1.54) is 13.4 Å². The predicted octanol–water partition coefficient (Wildman–Crippen LogP) is 3.35. The van der Waals surface area contributed by atoms with Crippen LogP contribution >= 0.6 is 8.53 Å². The number of fused-ring (bicyclic) bond motifs is 1. The molecule has 0 radical (unpaired) electrons. The Morgan fingerprint density at radius 1 is 1.41 bits per heavy atom. The first-order valence-electron chi connectivity index (χ1n) is 12.2. The predicted molar refractivity (Wildman–Crippen MR) is 130 cm³/mol. The van der Waals surface area contributed by atoms with E-state index in [0.29, 0.717) is 24.4 Å². The molecule has 3 atom stereocenters. The number of nitrogens with zero attached hydrogens (tertiary/aromatic N) is 6. The third kappa shape index (κ3) is 7.12. The minimum Gasteiger partial charge on any atom is -0.400 e. The molecule has 2 aromatic rings. The highest BCUT2D eigenvalue weighted by Gasteiger charge is 2.38. The number of aliphatic hydroxyl groups is 1. The van der Waals surface area contributed by atoms with E-state index in [1.54, 1.807) is 6.33 Å². The van der Waals surface area contributed by atoms with Crippen LogP contribution in [0.1, 0.15) is 47.9 Å². The molecule has 1 aliphatic heterocycles. The standard InChI is InChI=1S/C21H33N6O4P.CH4O/c1-15(2)27(16(3)4)32(29-9-8-22-7)30-12-21(6)11-28-10-18(31-21)26-14-25-19-17(5)23-13-24-20(19)26;1-2/h13-16,18H,8-12H2,1-6H3;2H,1H3/t18-,21+,32?;/m1./s1/i6D;2T. The molecule has 1 unspecified atom stereocenters. The maximum absolute atomic E-state index is 8.22. The van der Waals surface area contributed by atoms with E-state index in [1.807, 2.05) is 11.5 Å². The molecule has 3 heterocycles. The quantitative estimate of drug-likeness (QED) is 0.299. The van der Waals surface area contributed by atoms with E-state index in [2.05, 4.69) is 57.3 Å². The Morgan fingerprint density at radius 2 is 2.15 bits per heavy atom. The number of aromatic nitrogens is 4. The zero-order valence-corrected chi connectivity index (χ0v) is 21.7. The van der Waals surface area contributed by atoms with Crippen LogP contribution in [0.3, 0.4) is 0 Å². The van der Waals surface area contributed by atoms with Crippen molar-refractivity contribution in [2.45, 2.75) is 65.4 Å². The minimum atomic E-state index is -1.44. The van der Waals surface area contributed by atoms with Crippen molar-refractivity contribution in [3.63, 3.8) is 0 Å². The highest BCUT2D eigenvalue weighted by molar-refractivity contribution is 7.44. The van der Waals surface area contributed by atoms with Crippen molar-refractivity contribution >= 4 is 19.7 Å². The van der Waals surface area contributed by atoms with Gasteiger partial charge in [0.15, 0.2) is 11.9 Å². The molecule has 2 aromatic heterocycles. The molecule has 0 saturated carbocycles. The Kier molecular flexibility index (Phi) is 9.95. The monoisotopic (exact) mass is 499 g/mol. The van der Waals surface area contributed by atoms with E-state index in [4.69, 9.17) is 27.9 Å². The summed E-state index contributed by atoms with van der Waals surface area (Å²) in [7, 11) is -0.146. The van der Waals surface area contributed by atoms with Gasteiger partial charge in [0.05, 0.1) is 31.8 Å². The maximum Gasteiger partial charge on any atom is 0.259 e. The fourth-order valence-electron chi connectivity index (χ4n) is 3.58. The highest BCUT2D eigenvalue weighted by atomic mass is 31.2. The van der Waals surface area contributed by atoms with Crippen molar-refractivity contribution in [1.82, 2.24) is 24.2 Å². The topological polar surface area (TPSA) is 108 Å².